The molecule has 0 unspecified atom stereocenters. The quantitative estimate of drug-likeness (QED) is 0.289. The number of benzene rings is 3. The molecule has 1 aliphatic rings. The van der Waals surface area contributed by atoms with Crippen molar-refractivity contribution in [1.29, 1.82) is 0 Å². The number of carbonyl (C=O) groups is 1. The molecule has 0 heterocycles. The number of rotatable bonds is 5. The lowest BCUT2D eigenvalue weighted by atomic mass is 9.77. The number of non-ortho nitro benzene ring substituents is 1. The van der Waals surface area contributed by atoms with E-state index in [1.165, 1.54) is 46.2 Å². The predicted molar refractivity (Wildman–Crippen MR) is 117 cm³/mol. The van der Waals surface area contributed by atoms with Crippen molar-refractivity contribution < 1.29 is 14.5 Å². The van der Waals surface area contributed by atoms with Gasteiger partial charge in [-0.3, -0.25) is 10.1 Å². The third-order valence-corrected chi connectivity index (χ3v) is 6.09. The van der Waals surface area contributed by atoms with Crippen LogP contribution in [0.5, 0.6) is 0 Å². The first-order valence-electron chi connectivity index (χ1n) is 10.5. The highest BCUT2D eigenvalue weighted by atomic mass is 16.6. The van der Waals surface area contributed by atoms with Gasteiger partial charge in [0.2, 0.25) is 0 Å². The number of hydrogen-bond acceptors (Lipinski definition) is 4. The van der Waals surface area contributed by atoms with Gasteiger partial charge in [0.15, 0.2) is 0 Å². The maximum Gasteiger partial charge on any atom is 0.338 e. The van der Waals surface area contributed by atoms with Gasteiger partial charge in [0, 0.05) is 18.1 Å². The number of ether oxygens (including phenoxy) is 1. The molecule has 1 aliphatic carbocycles. The topological polar surface area (TPSA) is 69.4 Å². The van der Waals surface area contributed by atoms with Crippen LogP contribution in [-0.2, 0) is 11.2 Å². The van der Waals surface area contributed by atoms with Crippen molar-refractivity contribution in [2.24, 2.45) is 0 Å². The third-order valence-electron chi connectivity index (χ3n) is 6.09. The van der Waals surface area contributed by atoms with Gasteiger partial charge in [-0.15, -0.1) is 0 Å². The number of nitro groups is 1. The second-order valence-corrected chi connectivity index (χ2v) is 7.85. The molecule has 0 amide bonds. The van der Waals surface area contributed by atoms with E-state index in [2.05, 4.69) is 37.3 Å². The Morgan fingerprint density at radius 1 is 1.03 bits per heavy atom. The Labute approximate surface area is 175 Å². The molecule has 0 spiro atoms. The summed E-state index contributed by atoms with van der Waals surface area (Å²) in [6, 6.07) is 18.4. The molecule has 154 valence electrons. The molecule has 0 saturated heterocycles. The Kier molecular flexibility index (Phi) is 5.79. The number of aryl methyl sites for hydroxylation is 1. The summed E-state index contributed by atoms with van der Waals surface area (Å²) in [5, 5.41) is 13.3. The van der Waals surface area contributed by atoms with Crippen LogP contribution in [0.3, 0.4) is 0 Å². The third kappa shape index (κ3) is 3.92. The van der Waals surface area contributed by atoms with Gasteiger partial charge in [0.25, 0.3) is 5.69 Å². The minimum absolute atomic E-state index is 0.0366. The molecule has 0 radical (unpaired) electrons. The SMILES string of the molecule is CCc1ccc2ccccc2c1[C@@H]1CCCC[C@@H]1OC(=O)c1ccc([N+](=O)[O-])cc1. The monoisotopic (exact) mass is 403 g/mol. The van der Waals surface area contributed by atoms with E-state index in [9.17, 15) is 14.9 Å². The maximum atomic E-state index is 12.8. The minimum Gasteiger partial charge on any atom is -0.458 e. The van der Waals surface area contributed by atoms with Gasteiger partial charge in [0.05, 0.1) is 10.5 Å². The normalized spacial score (nSPS) is 18.8. The lowest BCUT2D eigenvalue weighted by molar-refractivity contribution is -0.384. The summed E-state index contributed by atoms with van der Waals surface area (Å²) in [6.45, 7) is 2.16. The lowest BCUT2D eigenvalue weighted by Gasteiger charge is -2.33. The molecule has 3 aromatic rings. The van der Waals surface area contributed by atoms with Crippen molar-refractivity contribution in [3.05, 3.63) is 87.5 Å². The smallest absolute Gasteiger partial charge is 0.338 e. The summed E-state index contributed by atoms with van der Waals surface area (Å²) in [4.78, 5) is 23.2. The van der Waals surface area contributed by atoms with E-state index in [-0.39, 0.29) is 17.7 Å². The van der Waals surface area contributed by atoms with Crippen LogP contribution >= 0.6 is 0 Å². The summed E-state index contributed by atoms with van der Waals surface area (Å²) < 4.78 is 5.98. The Bertz CT molecular complexity index is 1070. The van der Waals surface area contributed by atoms with E-state index in [0.717, 1.165) is 32.1 Å². The van der Waals surface area contributed by atoms with Gasteiger partial charge in [-0.2, -0.15) is 0 Å². The maximum absolute atomic E-state index is 12.8. The summed E-state index contributed by atoms with van der Waals surface area (Å²) in [5.41, 5.74) is 2.91. The van der Waals surface area contributed by atoms with E-state index in [0.29, 0.717) is 5.56 Å². The summed E-state index contributed by atoms with van der Waals surface area (Å²) >= 11 is 0. The van der Waals surface area contributed by atoms with Gasteiger partial charge >= 0.3 is 5.97 Å². The number of esters is 1. The van der Waals surface area contributed by atoms with Crippen LogP contribution in [0.25, 0.3) is 10.8 Å². The Morgan fingerprint density at radius 2 is 1.77 bits per heavy atom. The zero-order valence-corrected chi connectivity index (χ0v) is 17.0. The molecule has 30 heavy (non-hydrogen) atoms. The highest BCUT2D eigenvalue weighted by molar-refractivity contribution is 5.90. The summed E-state index contributed by atoms with van der Waals surface area (Å²) in [5.74, 6) is -0.262. The fraction of sp³-hybridized carbons (Fsp3) is 0.320. The second-order valence-electron chi connectivity index (χ2n) is 7.85. The predicted octanol–water partition coefficient (Wildman–Crippen LogP) is 6.19. The number of hydrogen-bond donors (Lipinski definition) is 0. The van der Waals surface area contributed by atoms with E-state index in [1.807, 2.05) is 6.07 Å². The zero-order chi connectivity index (χ0) is 21.1. The van der Waals surface area contributed by atoms with E-state index >= 15 is 0 Å². The molecule has 0 aliphatic heterocycles. The van der Waals surface area contributed by atoms with Crippen LogP contribution in [0.2, 0.25) is 0 Å². The van der Waals surface area contributed by atoms with Crippen molar-refractivity contribution in [2.75, 3.05) is 0 Å². The van der Waals surface area contributed by atoms with Crippen molar-refractivity contribution in [3.8, 4) is 0 Å². The first kappa shape index (κ1) is 20.1. The fourth-order valence-corrected chi connectivity index (χ4v) is 4.58. The van der Waals surface area contributed by atoms with Gasteiger partial charge in [0.1, 0.15) is 6.10 Å². The zero-order valence-electron chi connectivity index (χ0n) is 17.0. The van der Waals surface area contributed by atoms with Gasteiger partial charge in [-0.05, 0) is 59.7 Å². The van der Waals surface area contributed by atoms with Crippen LogP contribution in [0, 0.1) is 10.1 Å². The summed E-state index contributed by atoms with van der Waals surface area (Å²) in [6.07, 6.45) is 4.69. The number of nitro benzene ring substituents is 1. The van der Waals surface area contributed by atoms with E-state index in [4.69, 9.17) is 4.74 Å². The van der Waals surface area contributed by atoms with Crippen molar-refractivity contribution in [3.63, 3.8) is 0 Å². The molecular formula is C25H25NO4. The van der Waals surface area contributed by atoms with Gasteiger partial charge < -0.3 is 4.74 Å². The van der Waals surface area contributed by atoms with Crippen molar-refractivity contribution in [2.45, 2.75) is 51.0 Å². The molecular weight excluding hydrogens is 378 g/mol. The first-order valence-corrected chi connectivity index (χ1v) is 10.5. The molecule has 1 fully saturated rings. The average molecular weight is 403 g/mol. The van der Waals surface area contributed by atoms with E-state index in [1.54, 1.807) is 0 Å². The Balaban J connectivity index is 1.65. The minimum atomic E-state index is -0.473. The molecule has 4 rings (SSSR count). The Morgan fingerprint density at radius 3 is 2.50 bits per heavy atom. The second kappa shape index (κ2) is 8.66. The van der Waals surface area contributed by atoms with Crippen molar-refractivity contribution in [1.82, 2.24) is 0 Å². The molecule has 5 nitrogen and oxygen atoms in total. The highest BCUT2D eigenvalue weighted by Gasteiger charge is 2.32. The molecule has 5 heteroatoms. The number of nitrogens with zero attached hydrogens (tertiary/aromatic N) is 1. The van der Waals surface area contributed by atoms with Crippen LogP contribution in [0.1, 0.15) is 60.0 Å². The molecule has 2 atom stereocenters. The molecule has 3 aromatic carbocycles. The largest absolute Gasteiger partial charge is 0.458 e. The molecule has 0 N–H and O–H groups in total. The van der Waals surface area contributed by atoms with Crippen LogP contribution in [-0.4, -0.2) is 17.0 Å². The summed E-state index contributed by atoms with van der Waals surface area (Å²) in [7, 11) is 0. The molecule has 0 bridgehead atoms. The first-order chi connectivity index (χ1) is 14.6. The van der Waals surface area contributed by atoms with Gasteiger partial charge in [-0.1, -0.05) is 49.7 Å². The highest BCUT2D eigenvalue weighted by Crippen LogP contribution is 2.40. The van der Waals surface area contributed by atoms with Gasteiger partial charge in [-0.25, -0.2) is 4.79 Å². The average Bonchev–Trinajstić information content (AvgIpc) is 2.78. The number of fused-ring (bicyclic) bond motifs is 1. The number of carbonyl (C=O) groups excluding carboxylic acids is 1. The molecule has 0 aromatic heterocycles. The fourth-order valence-electron chi connectivity index (χ4n) is 4.58. The van der Waals surface area contributed by atoms with E-state index < -0.39 is 10.9 Å². The molecule has 1 saturated carbocycles. The lowest BCUT2D eigenvalue weighted by Crippen LogP contribution is -2.29. The van der Waals surface area contributed by atoms with Crippen LogP contribution < -0.4 is 0 Å². The Hall–Kier alpha value is -3.21. The van der Waals surface area contributed by atoms with Crippen LogP contribution in [0.15, 0.2) is 60.7 Å². The van der Waals surface area contributed by atoms with Crippen molar-refractivity contribution >= 4 is 22.4 Å². The standard InChI is InChI=1S/C25H25NO4/c1-2-17-11-12-18-7-3-4-8-21(18)24(17)22-9-5-6-10-23(22)30-25(27)19-13-15-20(16-14-19)26(28)29/h3-4,7-8,11-16,22-23H,2,5-6,9-10H2,1H3/t22-,23+/m1/s1. The van der Waals surface area contributed by atoms with Crippen LogP contribution in [0.4, 0.5) is 5.69 Å².